The van der Waals surface area contributed by atoms with Crippen molar-refractivity contribution in [2.45, 2.75) is 78.0 Å². The van der Waals surface area contributed by atoms with Crippen LogP contribution in [0.3, 0.4) is 0 Å². The zero-order chi connectivity index (χ0) is 48.0. The molecule has 0 radical (unpaired) electrons. The second-order valence-electron chi connectivity index (χ2n) is 13.5. The lowest BCUT2D eigenvalue weighted by Crippen LogP contribution is -2.55. The van der Waals surface area contributed by atoms with Gasteiger partial charge >= 0.3 is 57.2 Å². The summed E-state index contributed by atoms with van der Waals surface area (Å²) in [6, 6.07) is -0.490. The quantitative estimate of drug-likeness (QED) is 0.0670. The summed E-state index contributed by atoms with van der Waals surface area (Å²) in [6.07, 6.45) is 4.08. The SMILES string of the molecule is C.C=C.C=C1CC(=O)NC(=O)N1.C=CCn1c(=O)n(CC=C)c(=O)n(CC=C)c1=O.Cn1c(=O)n(O)c(=O)n(CCO)c1=O.O=c1n(CC2CO2)c(=O)n(CC2CO2)c(=O)n1CC1CO1. The molecule has 0 spiro atoms. The molecule has 7 heterocycles. The average molecular weight is 920 g/mol. The van der Waals surface area contributed by atoms with Gasteiger partial charge in [-0.2, -0.15) is 0 Å². The number of allylic oxidation sites excluding steroid dienone is 3. The van der Waals surface area contributed by atoms with Crippen molar-refractivity contribution in [3.8, 4) is 0 Å². The number of hydrogen-bond acceptors (Lipinski definition) is 16. The molecule has 0 bridgehead atoms. The number of urea groups is 1. The van der Waals surface area contributed by atoms with Crippen LogP contribution in [-0.4, -0.2) is 108 Å². The summed E-state index contributed by atoms with van der Waals surface area (Å²) in [5.41, 5.74) is -6.47. The zero-order valence-electron chi connectivity index (χ0n) is 34.8. The van der Waals surface area contributed by atoms with E-state index in [2.05, 4.69) is 50.1 Å². The van der Waals surface area contributed by atoms with Gasteiger partial charge in [-0.1, -0.05) is 37.0 Å². The molecular formula is C38H53N11O16. The molecule has 0 saturated carbocycles. The Bertz CT molecular complexity index is 2480. The Hall–Kier alpha value is -7.49. The lowest BCUT2D eigenvalue weighted by atomic mass is 10.3. The molecular weight excluding hydrogens is 866 g/mol. The third-order valence-corrected chi connectivity index (χ3v) is 8.71. The maximum atomic E-state index is 12.4. The highest BCUT2D eigenvalue weighted by Crippen LogP contribution is 2.12. The lowest BCUT2D eigenvalue weighted by molar-refractivity contribution is -0.119. The third kappa shape index (κ3) is 14.0. The molecule has 4 aliphatic rings. The Morgan fingerprint density at radius 3 is 1.18 bits per heavy atom. The molecule has 0 aromatic carbocycles. The maximum absolute atomic E-state index is 12.4. The van der Waals surface area contributed by atoms with Gasteiger partial charge in [0.15, 0.2) is 0 Å². The largest absolute Gasteiger partial charge is 0.420 e. The molecule has 65 heavy (non-hydrogen) atoms. The normalized spacial score (nSPS) is 17.2. The summed E-state index contributed by atoms with van der Waals surface area (Å²) < 4.78 is 22.2. The van der Waals surface area contributed by atoms with E-state index in [0.29, 0.717) is 34.7 Å². The Balaban J connectivity index is 0.000000303. The van der Waals surface area contributed by atoms with Crippen LogP contribution in [0.15, 0.2) is 107 Å². The maximum Gasteiger partial charge on any atom is 0.369 e. The van der Waals surface area contributed by atoms with Gasteiger partial charge in [0.25, 0.3) is 0 Å². The van der Waals surface area contributed by atoms with Gasteiger partial charge in [-0.15, -0.1) is 32.9 Å². The molecule has 356 valence electrons. The van der Waals surface area contributed by atoms with Crippen molar-refractivity contribution >= 4 is 11.9 Å². The molecule has 3 atom stereocenters. The van der Waals surface area contributed by atoms with Crippen LogP contribution in [-0.2, 0) is 71.9 Å². The number of hydrogen-bond donors (Lipinski definition) is 4. The molecule has 3 unspecified atom stereocenters. The number of ether oxygens (including phenoxy) is 3. The highest BCUT2D eigenvalue weighted by atomic mass is 16.6. The van der Waals surface area contributed by atoms with Crippen molar-refractivity contribution in [3.63, 3.8) is 0 Å². The van der Waals surface area contributed by atoms with E-state index in [1.807, 2.05) is 0 Å². The van der Waals surface area contributed by atoms with E-state index in [4.69, 9.17) is 24.5 Å². The molecule has 4 aliphatic heterocycles. The number of carbonyl (C=O) groups is 2. The van der Waals surface area contributed by atoms with Gasteiger partial charge in [0, 0.05) is 12.7 Å². The van der Waals surface area contributed by atoms with Crippen LogP contribution in [0.4, 0.5) is 4.79 Å². The van der Waals surface area contributed by atoms with Crippen molar-refractivity contribution in [3.05, 3.63) is 158 Å². The summed E-state index contributed by atoms with van der Waals surface area (Å²) in [4.78, 5) is 127. The number of imide groups is 1. The predicted octanol–water partition coefficient (Wildman–Crippen LogP) is -4.80. The Morgan fingerprint density at radius 1 is 0.569 bits per heavy atom. The fourth-order valence-electron chi connectivity index (χ4n) is 5.40. The number of aliphatic hydroxyl groups excluding tert-OH is 1. The van der Waals surface area contributed by atoms with Gasteiger partial charge < -0.3 is 29.8 Å². The number of rotatable bonds is 14. The van der Waals surface area contributed by atoms with Crippen LogP contribution in [0.5, 0.6) is 0 Å². The number of amides is 3. The molecule has 27 heteroatoms. The predicted molar refractivity (Wildman–Crippen MR) is 231 cm³/mol. The molecule has 0 aliphatic carbocycles. The van der Waals surface area contributed by atoms with Gasteiger partial charge in [-0.3, -0.25) is 10.1 Å². The second kappa shape index (κ2) is 24.4. The van der Waals surface area contributed by atoms with Gasteiger partial charge in [-0.05, 0) is 0 Å². The van der Waals surface area contributed by atoms with Gasteiger partial charge in [-0.25, -0.2) is 84.5 Å². The Kier molecular flexibility index (Phi) is 20.1. The van der Waals surface area contributed by atoms with E-state index >= 15 is 0 Å². The molecule has 27 nitrogen and oxygen atoms in total. The first-order chi connectivity index (χ1) is 30.4. The standard InChI is InChI=1S/C12H15N3O6.C12H15N3O3.C6H9N3O5.C5H6N2O2.C2H4.CH4/c16-10-13(1-7-4-19-7)11(17)15(3-9-6-21-9)12(18)14(10)2-8-5-20-8;1-4-7-13-10(16)14(8-5-2)12(18)15(9-6-3)11(13)17;1-7-4(11)8(2-3-10)6(13)9(14)5(7)12;1-3-2-4(8)7-5(9)6-3;1-2;/h7-9H,1-6H2;4-6H,1-3,7-9H2;10,14H,2-3H2,1H3;1-2H2,(H2,6,7,8,9);1-2H2;1H4. The highest BCUT2D eigenvalue weighted by Gasteiger charge is 2.31. The van der Waals surface area contributed by atoms with Crippen molar-refractivity contribution in [1.82, 2.24) is 51.9 Å². The van der Waals surface area contributed by atoms with E-state index < -0.39 is 63.8 Å². The monoisotopic (exact) mass is 919 g/mol. The minimum absolute atomic E-state index is 0. The van der Waals surface area contributed by atoms with Gasteiger partial charge in [0.05, 0.1) is 97.0 Å². The van der Waals surface area contributed by atoms with E-state index in [9.17, 15) is 52.7 Å². The van der Waals surface area contributed by atoms with Crippen LogP contribution in [0.2, 0.25) is 0 Å². The van der Waals surface area contributed by atoms with Crippen LogP contribution in [0, 0.1) is 0 Å². The topological polar surface area (TPSA) is 334 Å². The number of carbonyl (C=O) groups excluding carboxylic acids is 2. The van der Waals surface area contributed by atoms with Crippen molar-refractivity contribution in [2.24, 2.45) is 7.05 Å². The molecule has 3 amide bonds. The summed E-state index contributed by atoms with van der Waals surface area (Å²) in [7, 11) is 1.12. The molecule has 4 N–H and O–H groups in total. The number of aromatic nitrogens is 9. The number of nitrogens with zero attached hydrogens (tertiary/aromatic N) is 9. The van der Waals surface area contributed by atoms with Crippen LogP contribution in [0.1, 0.15) is 13.8 Å². The second-order valence-corrected chi connectivity index (χ2v) is 13.5. The number of aliphatic hydroxyl groups is 1. The molecule has 4 fully saturated rings. The number of nitrogens with one attached hydrogen (secondary N) is 2. The van der Waals surface area contributed by atoms with Gasteiger partial charge in [0.1, 0.15) is 0 Å². The molecule has 3 aromatic rings. The van der Waals surface area contributed by atoms with Crippen LogP contribution in [0.25, 0.3) is 0 Å². The fourth-order valence-corrected chi connectivity index (χ4v) is 5.40. The highest BCUT2D eigenvalue weighted by molar-refractivity contribution is 5.99. The number of epoxide rings is 3. The zero-order valence-corrected chi connectivity index (χ0v) is 34.8. The van der Waals surface area contributed by atoms with E-state index in [0.717, 1.165) is 34.5 Å². The van der Waals surface area contributed by atoms with E-state index in [-0.39, 0.29) is 88.6 Å². The molecule has 7 rings (SSSR count). The minimum atomic E-state index is -1.16. The fraction of sp³-hybridized carbons (Fsp3) is 0.447. The van der Waals surface area contributed by atoms with Crippen molar-refractivity contribution in [2.75, 3.05) is 26.4 Å². The first kappa shape index (κ1) is 53.6. The third-order valence-electron chi connectivity index (χ3n) is 8.71. The molecule has 4 saturated heterocycles. The summed E-state index contributed by atoms with van der Waals surface area (Å²) in [6.45, 7) is 21.4. The van der Waals surface area contributed by atoms with Crippen LogP contribution >= 0.6 is 0 Å². The first-order valence-corrected chi connectivity index (χ1v) is 19.0. The van der Waals surface area contributed by atoms with Gasteiger partial charge in [0.2, 0.25) is 5.91 Å². The minimum Gasteiger partial charge on any atom is -0.420 e. The van der Waals surface area contributed by atoms with Crippen molar-refractivity contribution < 1.29 is 34.1 Å². The first-order valence-electron chi connectivity index (χ1n) is 19.0. The van der Waals surface area contributed by atoms with Crippen LogP contribution < -0.4 is 61.8 Å². The Morgan fingerprint density at radius 2 is 0.908 bits per heavy atom. The summed E-state index contributed by atoms with van der Waals surface area (Å²) >= 11 is 0. The summed E-state index contributed by atoms with van der Waals surface area (Å²) in [5.74, 6) is -0.302. The lowest BCUT2D eigenvalue weighted by Gasteiger charge is -2.13. The average Bonchev–Trinajstić information content (AvgIpc) is 4.11. The molecule has 3 aromatic heterocycles. The smallest absolute Gasteiger partial charge is 0.369 e. The van der Waals surface area contributed by atoms with E-state index in [1.54, 1.807) is 0 Å². The Labute approximate surface area is 366 Å². The van der Waals surface area contributed by atoms with E-state index in [1.165, 1.54) is 18.2 Å². The summed E-state index contributed by atoms with van der Waals surface area (Å²) in [5, 5.41) is 21.9. The van der Waals surface area contributed by atoms with Crippen molar-refractivity contribution in [1.29, 1.82) is 0 Å².